The molecular weight excluding hydrogens is 461 g/mol. The molecule has 1 heterocycles. The molecule has 0 saturated carbocycles. The minimum atomic E-state index is 0.280. The second-order valence-electron chi connectivity index (χ2n) is 6.86. The van der Waals surface area contributed by atoms with Crippen LogP contribution in [0.5, 0.6) is 23.0 Å². The lowest BCUT2D eigenvalue weighted by molar-refractivity contribution is 0.171. The summed E-state index contributed by atoms with van der Waals surface area (Å²) in [5, 5.41) is 4.79. The minimum absolute atomic E-state index is 0.280. The average molecular weight is 481 g/mol. The molecule has 31 heavy (non-hydrogen) atoms. The number of anilines is 1. The maximum Gasteiger partial charge on any atom is 0.180 e. The van der Waals surface area contributed by atoms with Crippen molar-refractivity contribution in [2.24, 2.45) is 0 Å². The third-order valence-electron chi connectivity index (χ3n) is 4.70. The predicted molar refractivity (Wildman–Crippen MR) is 124 cm³/mol. The lowest BCUT2D eigenvalue weighted by Crippen LogP contribution is -2.15. The van der Waals surface area contributed by atoms with Gasteiger partial charge >= 0.3 is 0 Å². The Morgan fingerprint density at radius 3 is 2.39 bits per heavy atom. The van der Waals surface area contributed by atoms with Gasteiger partial charge in [0.15, 0.2) is 23.0 Å². The highest BCUT2D eigenvalue weighted by molar-refractivity contribution is 6.42. The van der Waals surface area contributed by atoms with E-state index in [2.05, 4.69) is 5.32 Å². The maximum absolute atomic E-state index is 6.50. The Morgan fingerprint density at radius 2 is 1.61 bits per heavy atom. The van der Waals surface area contributed by atoms with E-state index in [0.717, 1.165) is 28.3 Å². The van der Waals surface area contributed by atoms with Crippen LogP contribution in [0.1, 0.15) is 11.1 Å². The van der Waals surface area contributed by atoms with Crippen LogP contribution < -0.4 is 24.3 Å². The molecule has 5 nitrogen and oxygen atoms in total. The van der Waals surface area contributed by atoms with Crippen molar-refractivity contribution in [2.45, 2.75) is 13.2 Å². The fraction of sp³-hybridized carbons (Fsp3) is 0.217. The lowest BCUT2D eigenvalue weighted by atomic mass is 10.2. The zero-order valence-electron chi connectivity index (χ0n) is 16.7. The molecule has 3 aromatic carbocycles. The lowest BCUT2D eigenvalue weighted by Gasteiger charge is -2.19. The SMILES string of the molecule is COc1cc(CNc2ccc3c(c2)OCCO3)cc(Cl)c1OCc1ccc(Cl)c(Cl)c1. The summed E-state index contributed by atoms with van der Waals surface area (Å²) in [6.45, 7) is 1.94. The number of benzene rings is 3. The summed E-state index contributed by atoms with van der Waals surface area (Å²) >= 11 is 18.5. The van der Waals surface area contributed by atoms with Gasteiger partial charge < -0.3 is 24.3 Å². The van der Waals surface area contributed by atoms with Crippen LogP contribution in [0.4, 0.5) is 5.69 Å². The smallest absolute Gasteiger partial charge is 0.180 e. The van der Waals surface area contributed by atoms with Crippen LogP contribution in [0.3, 0.4) is 0 Å². The molecule has 0 aliphatic carbocycles. The van der Waals surface area contributed by atoms with Crippen LogP contribution in [0.25, 0.3) is 0 Å². The molecule has 4 rings (SSSR count). The number of methoxy groups -OCH3 is 1. The number of hydrogen-bond acceptors (Lipinski definition) is 5. The highest BCUT2D eigenvalue weighted by Crippen LogP contribution is 2.38. The van der Waals surface area contributed by atoms with Gasteiger partial charge in [-0.3, -0.25) is 0 Å². The second-order valence-corrected chi connectivity index (χ2v) is 8.08. The molecule has 0 aromatic heterocycles. The molecule has 162 valence electrons. The third-order valence-corrected chi connectivity index (χ3v) is 5.72. The maximum atomic E-state index is 6.50. The molecule has 1 aliphatic heterocycles. The topological polar surface area (TPSA) is 49.0 Å². The van der Waals surface area contributed by atoms with E-state index in [1.54, 1.807) is 19.2 Å². The highest BCUT2D eigenvalue weighted by Gasteiger charge is 2.14. The van der Waals surface area contributed by atoms with Crippen molar-refractivity contribution in [3.8, 4) is 23.0 Å². The molecule has 0 bridgehead atoms. The fourth-order valence-corrected chi connectivity index (χ4v) is 3.77. The first-order chi connectivity index (χ1) is 15.0. The van der Waals surface area contributed by atoms with E-state index >= 15 is 0 Å². The summed E-state index contributed by atoms with van der Waals surface area (Å²) < 4.78 is 22.6. The summed E-state index contributed by atoms with van der Waals surface area (Å²) in [7, 11) is 1.58. The summed E-state index contributed by atoms with van der Waals surface area (Å²) in [5.74, 6) is 2.51. The Hall–Kier alpha value is -2.47. The standard InChI is InChI=1S/C23H20Cl3NO4/c1-28-22-10-15(12-27-16-3-5-20-21(11-16)30-7-6-29-20)9-19(26)23(22)31-13-14-2-4-17(24)18(25)8-14/h2-5,8-11,27H,6-7,12-13H2,1H3. The minimum Gasteiger partial charge on any atom is -0.493 e. The average Bonchev–Trinajstić information content (AvgIpc) is 2.78. The normalized spacial score (nSPS) is 12.4. The largest absolute Gasteiger partial charge is 0.493 e. The highest BCUT2D eigenvalue weighted by atomic mass is 35.5. The van der Waals surface area contributed by atoms with Gasteiger partial charge in [0.2, 0.25) is 0 Å². The fourth-order valence-electron chi connectivity index (χ4n) is 3.16. The molecule has 0 radical (unpaired) electrons. The Labute approximate surface area is 195 Å². The predicted octanol–water partition coefficient (Wildman–Crippen LogP) is 6.62. The van der Waals surface area contributed by atoms with Gasteiger partial charge in [-0.2, -0.15) is 0 Å². The van der Waals surface area contributed by atoms with E-state index in [4.69, 9.17) is 53.8 Å². The number of ether oxygens (including phenoxy) is 4. The van der Waals surface area contributed by atoms with Crippen LogP contribution >= 0.6 is 34.8 Å². The first-order valence-electron chi connectivity index (χ1n) is 9.60. The first kappa shape index (κ1) is 21.8. The number of rotatable bonds is 7. The Balaban J connectivity index is 1.45. The molecule has 0 saturated heterocycles. The summed E-state index contributed by atoms with van der Waals surface area (Å²) in [6, 6.07) is 14.8. The molecule has 0 fully saturated rings. The van der Waals surface area contributed by atoms with Crippen molar-refractivity contribution in [3.05, 3.63) is 74.7 Å². The van der Waals surface area contributed by atoms with Crippen molar-refractivity contribution in [1.29, 1.82) is 0 Å². The second kappa shape index (κ2) is 9.77. The Kier molecular flexibility index (Phi) is 6.86. The zero-order chi connectivity index (χ0) is 21.8. The van der Waals surface area contributed by atoms with E-state index < -0.39 is 0 Å². The number of nitrogens with one attached hydrogen (secondary N) is 1. The summed E-state index contributed by atoms with van der Waals surface area (Å²) in [5.41, 5.74) is 2.73. The Morgan fingerprint density at radius 1 is 0.839 bits per heavy atom. The van der Waals surface area contributed by atoms with Crippen molar-refractivity contribution in [1.82, 2.24) is 0 Å². The summed E-state index contributed by atoms with van der Waals surface area (Å²) in [4.78, 5) is 0. The van der Waals surface area contributed by atoms with Crippen LogP contribution in [0.2, 0.25) is 15.1 Å². The quantitative estimate of drug-likeness (QED) is 0.412. The Bertz CT molecular complexity index is 1090. The van der Waals surface area contributed by atoms with Gasteiger partial charge in [-0.15, -0.1) is 0 Å². The number of hydrogen-bond donors (Lipinski definition) is 1. The molecule has 0 atom stereocenters. The van der Waals surface area contributed by atoms with E-state index in [1.807, 2.05) is 36.4 Å². The van der Waals surface area contributed by atoms with E-state index in [1.165, 1.54) is 0 Å². The number of fused-ring (bicyclic) bond motifs is 1. The third kappa shape index (κ3) is 5.24. The number of halogens is 3. The van der Waals surface area contributed by atoms with Gasteiger partial charge in [0.05, 0.1) is 22.2 Å². The van der Waals surface area contributed by atoms with Crippen molar-refractivity contribution in [3.63, 3.8) is 0 Å². The van der Waals surface area contributed by atoms with Crippen molar-refractivity contribution < 1.29 is 18.9 Å². The van der Waals surface area contributed by atoms with Gasteiger partial charge in [0, 0.05) is 18.3 Å². The van der Waals surface area contributed by atoms with Gasteiger partial charge in [0.1, 0.15) is 19.8 Å². The van der Waals surface area contributed by atoms with Gasteiger partial charge in [0.25, 0.3) is 0 Å². The molecule has 8 heteroatoms. The van der Waals surface area contributed by atoms with E-state index in [-0.39, 0.29) is 6.61 Å². The molecule has 3 aromatic rings. The van der Waals surface area contributed by atoms with Crippen LogP contribution in [0, 0.1) is 0 Å². The zero-order valence-corrected chi connectivity index (χ0v) is 19.0. The van der Waals surface area contributed by atoms with Gasteiger partial charge in [-0.1, -0.05) is 40.9 Å². The first-order valence-corrected chi connectivity index (χ1v) is 10.7. The molecule has 0 spiro atoms. The van der Waals surface area contributed by atoms with Crippen LogP contribution in [-0.4, -0.2) is 20.3 Å². The van der Waals surface area contributed by atoms with Gasteiger partial charge in [-0.05, 0) is 47.5 Å². The molecule has 1 aliphatic rings. The van der Waals surface area contributed by atoms with Crippen LogP contribution in [0.15, 0.2) is 48.5 Å². The van der Waals surface area contributed by atoms with Gasteiger partial charge in [-0.25, -0.2) is 0 Å². The van der Waals surface area contributed by atoms with Crippen LogP contribution in [-0.2, 0) is 13.2 Å². The summed E-state index contributed by atoms with van der Waals surface area (Å²) in [6.07, 6.45) is 0. The monoisotopic (exact) mass is 479 g/mol. The molecule has 0 amide bonds. The molecule has 1 N–H and O–H groups in total. The molecular formula is C23H20Cl3NO4. The molecule has 0 unspecified atom stereocenters. The van der Waals surface area contributed by atoms with Crippen molar-refractivity contribution in [2.75, 3.05) is 25.6 Å². The van der Waals surface area contributed by atoms with E-state index in [9.17, 15) is 0 Å². The van der Waals surface area contributed by atoms with Crippen molar-refractivity contribution >= 4 is 40.5 Å². The van der Waals surface area contributed by atoms with E-state index in [0.29, 0.717) is 46.3 Å².